The van der Waals surface area contributed by atoms with Crippen molar-refractivity contribution >= 4 is 28.3 Å². The third kappa shape index (κ3) is 3.31. The van der Waals surface area contributed by atoms with Gasteiger partial charge in [0.2, 0.25) is 0 Å². The Labute approximate surface area is 155 Å². The van der Waals surface area contributed by atoms with Gasteiger partial charge in [0.15, 0.2) is 5.65 Å². The Bertz CT molecular complexity index is 1120. The van der Waals surface area contributed by atoms with E-state index in [1.54, 1.807) is 23.5 Å². The van der Waals surface area contributed by atoms with Crippen molar-refractivity contribution in [3.05, 3.63) is 67.0 Å². The second-order valence-corrected chi connectivity index (χ2v) is 6.73. The maximum absolute atomic E-state index is 12.4. The minimum Gasteiger partial charge on any atom is -0.326 e. The standard InChI is InChI=1S/C19H11F3N2O2S/c20-19(21,22)18(25)26-24-11-9-14-13(8-10-23-17(14)24)16-7-6-15(27-16)12-4-2-1-3-5-12/h1-11H. The van der Waals surface area contributed by atoms with Crippen LogP contribution < -0.4 is 4.84 Å². The van der Waals surface area contributed by atoms with Crippen LogP contribution in [0.5, 0.6) is 0 Å². The van der Waals surface area contributed by atoms with Crippen molar-refractivity contribution in [1.29, 1.82) is 0 Å². The summed E-state index contributed by atoms with van der Waals surface area (Å²) >= 11 is 1.56. The lowest BCUT2D eigenvalue weighted by Gasteiger charge is -2.08. The minimum absolute atomic E-state index is 0.139. The third-order valence-corrected chi connectivity index (χ3v) is 5.06. The van der Waals surface area contributed by atoms with Crippen molar-refractivity contribution in [2.24, 2.45) is 0 Å². The van der Waals surface area contributed by atoms with E-state index in [0.29, 0.717) is 5.39 Å². The van der Waals surface area contributed by atoms with E-state index < -0.39 is 12.1 Å². The molecule has 0 atom stereocenters. The van der Waals surface area contributed by atoms with Gasteiger partial charge in [-0.05, 0) is 29.8 Å². The van der Waals surface area contributed by atoms with Crippen LogP contribution in [-0.2, 0) is 4.79 Å². The van der Waals surface area contributed by atoms with Gasteiger partial charge >= 0.3 is 12.1 Å². The van der Waals surface area contributed by atoms with E-state index in [4.69, 9.17) is 0 Å². The molecular formula is C19H11F3N2O2S. The number of aromatic nitrogens is 2. The molecule has 4 nitrogen and oxygen atoms in total. The third-order valence-electron chi connectivity index (χ3n) is 3.90. The number of carbonyl (C=O) groups excluding carboxylic acids is 1. The van der Waals surface area contributed by atoms with E-state index in [1.807, 2.05) is 42.5 Å². The zero-order chi connectivity index (χ0) is 19.0. The topological polar surface area (TPSA) is 44.1 Å². The molecule has 4 rings (SSSR count). The van der Waals surface area contributed by atoms with E-state index in [-0.39, 0.29) is 5.65 Å². The Hall–Kier alpha value is -3.13. The molecule has 0 saturated heterocycles. The molecule has 0 N–H and O–H groups in total. The maximum Gasteiger partial charge on any atom is 0.493 e. The number of alkyl halides is 3. The second-order valence-electron chi connectivity index (χ2n) is 5.64. The molecule has 0 aliphatic carbocycles. The van der Waals surface area contributed by atoms with Gasteiger partial charge in [-0.2, -0.15) is 17.9 Å². The summed E-state index contributed by atoms with van der Waals surface area (Å²) < 4.78 is 38.1. The van der Waals surface area contributed by atoms with Gasteiger partial charge in [0.05, 0.1) is 0 Å². The Morgan fingerprint density at radius 2 is 1.74 bits per heavy atom. The molecule has 0 fully saturated rings. The van der Waals surface area contributed by atoms with E-state index >= 15 is 0 Å². The molecule has 1 aromatic carbocycles. The smallest absolute Gasteiger partial charge is 0.326 e. The van der Waals surface area contributed by atoms with Crippen LogP contribution in [0.1, 0.15) is 0 Å². The molecule has 4 aromatic rings. The highest BCUT2D eigenvalue weighted by molar-refractivity contribution is 7.18. The average molecular weight is 388 g/mol. The largest absolute Gasteiger partial charge is 0.493 e. The lowest BCUT2D eigenvalue weighted by Crippen LogP contribution is -2.33. The molecule has 0 spiro atoms. The van der Waals surface area contributed by atoms with Crippen LogP contribution in [-0.4, -0.2) is 21.9 Å². The molecule has 0 saturated carbocycles. The molecule has 0 aliphatic heterocycles. The van der Waals surface area contributed by atoms with Crippen LogP contribution in [0.2, 0.25) is 0 Å². The van der Waals surface area contributed by atoms with Gasteiger partial charge in [0.1, 0.15) is 0 Å². The number of rotatable bonds is 3. The maximum atomic E-state index is 12.4. The van der Waals surface area contributed by atoms with Crippen molar-refractivity contribution in [1.82, 2.24) is 9.71 Å². The molecule has 0 radical (unpaired) electrons. The van der Waals surface area contributed by atoms with Gasteiger partial charge in [0, 0.05) is 33.1 Å². The minimum atomic E-state index is -5.08. The van der Waals surface area contributed by atoms with Gasteiger partial charge in [-0.1, -0.05) is 30.3 Å². The zero-order valence-corrected chi connectivity index (χ0v) is 14.4. The van der Waals surface area contributed by atoms with Crippen molar-refractivity contribution in [3.63, 3.8) is 0 Å². The summed E-state index contributed by atoms with van der Waals surface area (Å²) in [5, 5.41) is 0.592. The molecule has 0 unspecified atom stereocenters. The van der Waals surface area contributed by atoms with E-state index in [0.717, 1.165) is 25.6 Å². The zero-order valence-electron chi connectivity index (χ0n) is 13.6. The summed E-state index contributed by atoms with van der Waals surface area (Å²) in [5.41, 5.74) is 2.02. The van der Waals surface area contributed by atoms with Crippen molar-refractivity contribution in [2.75, 3.05) is 0 Å². The Morgan fingerprint density at radius 1 is 1.00 bits per heavy atom. The van der Waals surface area contributed by atoms with Gasteiger partial charge in [-0.15, -0.1) is 11.3 Å². The predicted molar refractivity (Wildman–Crippen MR) is 96.1 cm³/mol. The molecule has 8 heteroatoms. The first kappa shape index (κ1) is 17.3. The molecule has 136 valence electrons. The van der Waals surface area contributed by atoms with Crippen molar-refractivity contribution in [3.8, 4) is 20.9 Å². The number of carbonyl (C=O) groups is 1. The van der Waals surface area contributed by atoms with Crippen LogP contribution in [0.3, 0.4) is 0 Å². The number of hydrogen-bond acceptors (Lipinski definition) is 4. The first-order chi connectivity index (χ1) is 12.9. The Kier molecular flexibility index (Phi) is 4.19. The molecular weight excluding hydrogens is 377 g/mol. The van der Waals surface area contributed by atoms with E-state index in [2.05, 4.69) is 9.82 Å². The first-order valence-electron chi connectivity index (χ1n) is 7.85. The fraction of sp³-hybridized carbons (Fsp3) is 0.0526. The predicted octanol–water partition coefficient (Wildman–Crippen LogP) is 4.95. The monoisotopic (exact) mass is 388 g/mol. The van der Waals surface area contributed by atoms with Gasteiger partial charge in [-0.25, -0.2) is 9.78 Å². The SMILES string of the molecule is O=C(On1ccc2c(-c3ccc(-c4ccccc4)s3)ccnc21)C(F)(F)F. The van der Waals surface area contributed by atoms with Crippen LogP contribution in [0.25, 0.3) is 31.9 Å². The normalized spacial score (nSPS) is 11.7. The lowest BCUT2D eigenvalue weighted by molar-refractivity contribution is -0.199. The highest BCUT2D eigenvalue weighted by Crippen LogP contribution is 2.37. The van der Waals surface area contributed by atoms with Gasteiger partial charge in [0.25, 0.3) is 0 Å². The molecule has 27 heavy (non-hydrogen) atoms. The van der Waals surface area contributed by atoms with E-state index in [1.165, 1.54) is 12.4 Å². The number of thiophene rings is 1. The quantitative estimate of drug-likeness (QED) is 0.499. The summed E-state index contributed by atoms with van der Waals surface area (Å²) in [6.45, 7) is 0. The van der Waals surface area contributed by atoms with Crippen LogP contribution in [0, 0.1) is 0 Å². The molecule has 3 aromatic heterocycles. The lowest BCUT2D eigenvalue weighted by atomic mass is 10.1. The summed E-state index contributed by atoms with van der Waals surface area (Å²) in [4.78, 5) is 21.5. The number of nitrogens with zero attached hydrogens (tertiary/aromatic N) is 2. The molecule has 0 amide bonds. The number of fused-ring (bicyclic) bond motifs is 1. The van der Waals surface area contributed by atoms with Crippen LogP contribution in [0.4, 0.5) is 13.2 Å². The second kappa shape index (κ2) is 6.55. The fourth-order valence-corrected chi connectivity index (χ4v) is 3.74. The van der Waals surface area contributed by atoms with Gasteiger partial charge < -0.3 is 4.84 Å². The Balaban J connectivity index is 1.72. The fourth-order valence-electron chi connectivity index (χ4n) is 2.68. The number of pyridine rings is 1. The highest BCUT2D eigenvalue weighted by atomic mass is 32.1. The molecule has 0 aliphatic rings. The first-order valence-corrected chi connectivity index (χ1v) is 8.66. The Morgan fingerprint density at radius 3 is 2.48 bits per heavy atom. The number of benzene rings is 1. The number of halogens is 3. The van der Waals surface area contributed by atoms with Crippen LogP contribution in [0.15, 0.2) is 67.0 Å². The summed E-state index contributed by atoms with van der Waals surface area (Å²) in [6, 6.07) is 17.1. The van der Waals surface area contributed by atoms with E-state index in [9.17, 15) is 18.0 Å². The summed E-state index contributed by atoms with van der Waals surface area (Å²) in [7, 11) is 0. The molecule has 0 bridgehead atoms. The number of hydrogen-bond donors (Lipinski definition) is 0. The average Bonchev–Trinajstić information content (AvgIpc) is 3.29. The highest BCUT2D eigenvalue weighted by Gasteiger charge is 2.42. The summed E-state index contributed by atoms with van der Waals surface area (Å²) in [5.74, 6) is -2.30. The van der Waals surface area contributed by atoms with Crippen LogP contribution >= 0.6 is 11.3 Å². The summed E-state index contributed by atoms with van der Waals surface area (Å²) in [6.07, 6.45) is -2.36. The van der Waals surface area contributed by atoms with Gasteiger partial charge in [-0.3, -0.25) is 0 Å². The van der Waals surface area contributed by atoms with Crippen molar-refractivity contribution < 1.29 is 22.8 Å². The van der Waals surface area contributed by atoms with Crippen molar-refractivity contribution in [2.45, 2.75) is 6.18 Å². The molecule has 3 heterocycles.